The average molecular weight is 321 g/mol. The van der Waals surface area contributed by atoms with Crippen molar-refractivity contribution in [3.63, 3.8) is 0 Å². The molecule has 0 saturated carbocycles. The lowest BCUT2D eigenvalue weighted by Crippen LogP contribution is -2.27. The number of nitrogens with one attached hydrogen (secondary N) is 2. The number of fused-ring (bicyclic) bond motifs is 1. The third kappa shape index (κ3) is 3.47. The summed E-state index contributed by atoms with van der Waals surface area (Å²) >= 11 is 0. The maximum Gasteiger partial charge on any atom is 0.220 e. The van der Waals surface area contributed by atoms with E-state index in [1.807, 2.05) is 18.3 Å². The number of aromatic amines is 1. The molecule has 1 fully saturated rings. The van der Waals surface area contributed by atoms with Crippen molar-refractivity contribution in [1.29, 1.82) is 0 Å². The van der Waals surface area contributed by atoms with Crippen LogP contribution in [0.2, 0.25) is 0 Å². The van der Waals surface area contributed by atoms with Crippen LogP contribution in [0.25, 0.3) is 11.0 Å². The van der Waals surface area contributed by atoms with Crippen molar-refractivity contribution < 1.29 is 13.2 Å². The van der Waals surface area contributed by atoms with Gasteiger partial charge in [0.15, 0.2) is 9.84 Å². The zero-order chi connectivity index (χ0) is 15.6. The lowest BCUT2D eigenvalue weighted by atomic mass is 10.0. The fourth-order valence-electron chi connectivity index (χ4n) is 2.92. The standard InChI is InChI=1S/C15H19N3O3S/c19-14(8-11-4-7-22(20,21)10-11)16-6-3-12-9-18-15-13(12)2-1-5-17-15/h1-2,5,9,11H,3-4,6-8,10H2,(H,16,19)(H,17,18). The molecule has 0 bridgehead atoms. The summed E-state index contributed by atoms with van der Waals surface area (Å²) in [5.74, 6) is 0.268. The number of hydrogen-bond acceptors (Lipinski definition) is 4. The van der Waals surface area contributed by atoms with Crippen molar-refractivity contribution >= 4 is 26.8 Å². The van der Waals surface area contributed by atoms with Gasteiger partial charge in [-0.15, -0.1) is 0 Å². The second-order valence-corrected chi connectivity index (χ2v) is 8.02. The van der Waals surface area contributed by atoms with E-state index in [1.165, 1.54) is 0 Å². The molecule has 2 aromatic heterocycles. The summed E-state index contributed by atoms with van der Waals surface area (Å²) in [4.78, 5) is 19.2. The van der Waals surface area contributed by atoms with E-state index in [4.69, 9.17) is 0 Å². The molecule has 3 rings (SSSR count). The Morgan fingerprint density at radius 2 is 2.32 bits per heavy atom. The van der Waals surface area contributed by atoms with Crippen LogP contribution in [0.4, 0.5) is 0 Å². The third-order valence-corrected chi connectivity index (χ3v) is 5.89. The SMILES string of the molecule is O=C(CC1CCS(=O)(=O)C1)NCCc1c[nH]c2ncccc12. The van der Waals surface area contributed by atoms with Gasteiger partial charge >= 0.3 is 0 Å². The zero-order valence-corrected chi connectivity index (χ0v) is 13.0. The molecule has 7 heteroatoms. The fourth-order valence-corrected chi connectivity index (χ4v) is 4.79. The van der Waals surface area contributed by atoms with E-state index in [0.717, 1.165) is 23.0 Å². The Bertz CT molecular complexity index is 782. The molecule has 1 aliphatic heterocycles. The number of H-pyrrole nitrogens is 1. The van der Waals surface area contributed by atoms with Gasteiger partial charge < -0.3 is 10.3 Å². The summed E-state index contributed by atoms with van der Waals surface area (Å²) in [5, 5.41) is 3.94. The van der Waals surface area contributed by atoms with Gasteiger partial charge in [-0.3, -0.25) is 4.79 Å². The Kier molecular flexibility index (Phi) is 4.15. The van der Waals surface area contributed by atoms with Gasteiger partial charge in [0.05, 0.1) is 11.5 Å². The Balaban J connectivity index is 1.48. The molecule has 22 heavy (non-hydrogen) atoms. The van der Waals surface area contributed by atoms with Crippen LogP contribution in [-0.4, -0.2) is 42.3 Å². The molecule has 2 aromatic rings. The summed E-state index contributed by atoms with van der Waals surface area (Å²) < 4.78 is 22.8. The minimum absolute atomic E-state index is 0.0257. The molecule has 1 unspecified atom stereocenters. The number of amides is 1. The van der Waals surface area contributed by atoms with Crippen molar-refractivity contribution in [3.05, 3.63) is 30.1 Å². The van der Waals surface area contributed by atoms with Crippen molar-refractivity contribution in [2.45, 2.75) is 19.3 Å². The molecule has 1 aliphatic rings. The molecule has 0 aliphatic carbocycles. The normalized spacial score (nSPS) is 20.3. The minimum atomic E-state index is -2.91. The predicted octanol–water partition coefficient (Wildman–Crippen LogP) is 1.05. The van der Waals surface area contributed by atoms with Crippen LogP contribution < -0.4 is 5.32 Å². The Hall–Kier alpha value is -1.89. The molecular weight excluding hydrogens is 302 g/mol. The highest BCUT2D eigenvalue weighted by Gasteiger charge is 2.29. The molecule has 0 aromatic carbocycles. The molecule has 0 radical (unpaired) electrons. The number of carbonyl (C=O) groups excluding carboxylic acids is 1. The lowest BCUT2D eigenvalue weighted by Gasteiger charge is -2.08. The number of hydrogen-bond donors (Lipinski definition) is 2. The average Bonchev–Trinajstić information content (AvgIpc) is 3.03. The van der Waals surface area contributed by atoms with Gasteiger partial charge in [0.1, 0.15) is 5.65 Å². The topological polar surface area (TPSA) is 91.9 Å². The number of rotatable bonds is 5. The quantitative estimate of drug-likeness (QED) is 0.861. The summed E-state index contributed by atoms with van der Waals surface area (Å²) in [6.45, 7) is 0.542. The summed E-state index contributed by atoms with van der Waals surface area (Å²) in [6.07, 6.45) is 5.27. The Labute approximate surface area is 129 Å². The second-order valence-electron chi connectivity index (χ2n) is 5.79. The fraction of sp³-hybridized carbons (Fsp3) is 0.467. The maximum absolute atomic E-state index is 11.9. The third-order valence-electron chi connectivity index (χ3n) is 4.05. The van der Waals surface area contributed by atoms with Crippen LogP contribution in [0.1, 0.15) is 18.4 Å². The first-order valence-electron chi connectivity index (χ1n) is 7.41. The molecule has 6 nitrogen and oxygen atoms in total. The van der Waals surface area contributed by atoms with Gasteiger partial charge in [0.2, 0.25) is 5.91 Å². The van der Waals surface area contributed by atoms with E-state index < -0.39 is 9.84 Å². The van der Waals surface area contributed by atoms with Crippen LogP contribution in [0.3, 0.4) is 0 Å². The van der Waals surface area contributed by atoms with E-state index in [2.05, 4.69) is 15.3 Å². The monoisotopic (exact) mass is 321 g/mol. The highest BCUT2D eigenvalue weighted by molar-refractivity contribution is 7.91. The van der Waals surface area contributed by atoms with Crippen LogP contribution in [0.15, 0.2) is 24.5 Å². The first-order valence-corrected chi connectivity index (χ1v) is 9.24. The van der Waals surface area contributed by atoms with E-state index in [1.54, 1.807) is 6.20 Å². The first-order chi connectivity index (χ1) is 10.5. The highest BCUT2D eigenvalue weighted by Crippen LogP contribution is 2.21. The largest absolute Gasteiger partial charge is 0.356 e. The smallest absolute Gasteiger partial charge is 0.220 e. The molecule has 0 spiro atoms. The molecule has 118 valence electrons. The Morgan fingerprint density at radius 1 is 1.45 bits per heavy atom. The van der Waals surface area contributed by atoms with E-state index >= 15 is 0 Å². The number of carbonyl (C=O) groups is 1. The number of aromatic nitrogens is 2. The van der Waals surface area contributed by atoms with Crippen LogP contribution in [-0.2, 0) is 21.1 Å². The lowest BCUT2D eigenvalue weighted by molar-refractivity contribution is -0.121. The van der Waals surface area contributed by atoms with Crippen molar-refractivity contribution in [3.8, 4) is 0 Å². The van der Waals surface area contributed by atoms with Gasteiger partial charge in [-0.1, -0.05) is 0 Å². The zero-order valence-electron chi connectivity index (χ0n) is 12.2. The molecular formula is C15H19N3O3S. The van der Waals surface area contributed by atoms with E-state index in [0.29, 0.717) is 19.4 Å². The van der Waals surface area contributed by atoms with Gasteiger partial charge in [-0.05, 0) is 36.5 Å². The second kappa shape index (κ2) is 6.08. The highest BCUT2D eigenvalue weighted by atomic mass is 32.2. The van der Waals surface area contributed by atoms with E-state index in [-0.39, 0.29) is 23.3 Å². The molecule has 1 atom stereocenters. The molecule has 3 heterocycles. The minimum Gasteiger partial charge on any atom is -0.356 e. The molecule has 1 amide bonds. The first kappa shape index (κ1) is 15.0. The van der Waals surface area contributed by atoms with Gasteiger partial charge in [-0.2, -0.15) is 0 Å². The van der Waals surface area contributed by atoms with Crippen molar-refractivity contribution in [2.75, 3.05) is 18.1 Å². The van der Waals surface area contributed by atoms with Gasteiger partial charge in [0.25, 0.3) is 0 Å². The van der Waals surface area contributed by atoms with Crippen LogP contribution in [0, 0.1) is 5.92 Å². The van der Waals surface area contributed by atoms with Crippen molar-refractivity contribution in [1.82, 2.24) is 15.3 Å². The molecule has 2 N–H and O–H groups in total. The summed E-state index contributed by atoms with van der Waals surface area (Å²) in [6, 6.07) is 3.89. The maximum atomic E-state index is 11.9. The predicted molar refractivity (Wildman–Crippen MR) is 84.2 cm³/mol. The van der Waals surface area contributed by atoms with Gasteiger partial charge in [0, 0.05) is 30.7 Å². The summed E-state index contributed by atoms with van der Waals surface area (Å²) in [5.41, 5.74) is 1.96. The van der Waals surface area contributed by atoms with E-state index in [9.17, 15) is 13.2 Å². The van der Waals surface area contributed by atoms with Crippen LogP contribution in [0.5, 0.6) is 0 Å². The number of pyridine rings is 1. The Morgan fingerprint density at radius 3 is 3.09 bits per heavy atom. The number of nitrogens with zero attached hydrogens (tertiary/aromatic N) is 1. The van der Waals surface area contributed by atoms with Gasteiger partial charge in [-0.25, -0.2) is 13.4 Å². The van der Waals surface area contributed by atoms with Crippen LogP contribution >= 0.6 is 0 Å². The summed E-state index contributed by atoms with van der Waals surface area (Å²) in [7, 11) is -2.91. The molecule has 1 saturated heterocycles. The number of sulfone groups is 1. The van der Waals surface area contributed by atoms with Crippen molar-refractivity contribution in [2.24, 2.45) is 5.92 Å².